The lowest BCUT2D eigenvalue weighted by Crippen LogP contribution is -2.50. The molecule has 41 heavy (non-hydrogen) atoms. The van der Waals surface area contributed by atoms with Crippen LogP contribution < -0.4 is 10.1 Å². The number of methoxy groups -OCH3 is 1. The number of carbonyl (C=O) groups excluding carboxylic acids is 2. The number of carbonyl (C=O) groups is 2. The number of benzene rings is 4. The second kappa shape index (κ2) is 13.7. The minimum Gasteiger partial charge on any atom is -0.491 e. The van der Waals surface area contributed by atoms with E-state index in [9.17, 15) is 9.59 Å². The van der Waals surface area contributed by atoms with Gasteiger partial charge in [0.05, 0.1) is 23.9 Å². The molecule has 0 aliphatic carbocycles. The van der Waals surface area contributed by atoms with E-state index in [0.717, 1.165) is 13.1 Å². The van der Waals surface area contributed by atoms with Gasteiger partial charge >= 0.3 is 0 Å². The van der Waals surface area contributed by atoms with Crippen LogP contribution in [0, 0.1) is 0 Å². The first-order chi connectivity index (χ1) is 20.1. The van der Waals surface area contributed by atoms with Crippen LogP contribution in [0.4, 0.5) is 5.69 Å². The van der Waals surface area contributed by atoms with Gasteiger partial charge < -0.3 is 19.7 Å². The summed E-state index contributed by atoms with van der Waals surface area (Å²) in [6.07, 6.45) is 0. The Morgan fingerprint density at radius 1 is 0.732 bits per heavy atom. The molecule has 0 saturated carbocycles. The van der Waals surface area contributed by atoms with Crippen LogP contribution in [0.15, 0.2) is 109 Å². The van der Waals surface area contributed by atoms with Crippen LogP contribution in [0.1, 0.15) is 37.9 Å². The summed E-state index contributed by atoms with van der Waals surface area (Å²) >= 11 is 0. The maximum Gasteiger partial charge on any atom is 0.256 e. The molecule has 7 nitrogen and oxygen atoms in total. The van der Waals surface area contributed by atoms with Crippen LogP contribution in [0.2, 0.25) is 0 Å². The molecule has 210 valence electrons. The van der Waals surface area contributed by atoms with E-state index in [0.29, 0.717) is 48.9 Å². The summed E-state index contributed by atoms with van der Waals surface area (Å²) in [5.41, 5.74) is 3.93. The quantitative estimate of drug-likeness (QED) is 0.264. The van der Waals surface area contributed by atoms with Gasteiger partial charge in [-0.2, -0.15) is 0 Å². The number of anilines is 1. The SMILES string of the molecule is COCCOc1ccc(C(=O)Nc2ccccc2C(=O)N2CCN(C(c3ccccc3)c3ccccc3)CC2)cc1. The van der Waals surface area contributed by atoms with Gasteiger partial charge in [0, 0.05) is 38.9 Å². The summed E-state index contributed by atoms with van der Waals surface area (Å²) in [7, 11) is 1.62. The first-order valence-electron chi connectivity index (χ1n) is 13.9. The minimum absolute atomic E-state index is 0.0848. The number of amides is 2. The fourth-order valence-electron chi connectivity index (χ4n) is 5.16. The van der Waals surface area contributed by atoms with Gasteiger partial charge in [0.15, 0.2) is 0 Å². The number of piperazine rings is 1. The summed E-state index contributed by atoms with van der Waals surface area (Å²) < 4.78 is 10.6. The highest BCUT2D eigenvalue weighted by Crippen LogP contribution is 2.30. The number of nitrogens with one attached hydrogen (secondary N) is 1. The first kappa shape index (κ1) is 28.1. The number of nitrogens with zero attached hydrogens (tertiary/aromatic N) is 2. The van der Waals surface area contributed by atoms with E-state index < -0.39 is 0 Å². The number of rotatable bonds is 10. The zero-order chi connectivity index (χ0) is 28.4. The molecule has 1 saturated heterocycles. The van der Waals surface area contributed by atoms with Crippen LogP contribution in [0.25, 0.3) is 0 Å². The van der Waals surface area contributed by atoms with Gasteiger partial charge in [-0.25, -0.2) is 0 Å². The van der Waals surface area contributed by atoms with E-state index in [-0.39, 0.29) is 17.9 Å². The Labute approximate surface area is 241 Å². The number of ether oxygens (including phenoxy) is 2. The second-order valence-electron chi connectivity index (χ2n) is 9.92. The van der Waals surface area contributed by atoms with Crippen molar-refractivity contribution >= 4 is 17.5 Å². The van der Waals surface area contributed by atoms with Gasteiger partial charge in [-0.05, 0) is 47.5 Å². The summed E-state index contributed by atoms with van der Waals surface area (Å²) in [5, 5.41) is 2.93. The topological polar surface area (TPSA) is 71.1 Å². The van der Waals surface area contributed by atoms with Crippen molar-refractivity contribution in [3.8, 4) is 5.75 Å². The predicted molar refractivity (Wildman–Crippen MR) is 160 cm³/mol. The zero-order valence-corrected chi connectivity index (χ0v) is 23.2. The Hall–Kier alpha value is -4.46. The smallest absolute Gasteiger partial charge is 0.256 e. The third-order valence-corrected chi connectivity index (χ3v) is 7.28. The molecule has 1 N–H and O–H groups in total. The number of hydrogen-bond donors (Lipinski definition) is 1. The largest absolute Gasteiger partial charge is 0.491 e. The van der Waals surface area contributed by atoms with Crippen LogP contribution in [0.3, 0.4) is 0 Å². The summed E-state index contributed by atoms with van der Waals surface area (Å²) in [5.74, 6) is 0.292. The van der Waals surface area contributed by atoms with E-state index in [4.69, 9.17) is 9.47 Å². The van der Waals surface area contributed by atoms with Gasteiger partial charge in [-0.15, -0.1) is 0 Å². The van der Waals surface area contributed by atoms with Crippen LogP contribution >= 0.6 is 0 Å². The van der Waals surface area contributed by atoms with Crippen molar-refractivity contribution in [2.75, 3.05) is 51.8 Å². The molecule has 4 aromatic carbocycles. The first-order valence-corrected chi connectivity index (χ1v) is 13.9. The Morgan fingerprint density at radius 3 is 1.93 bits per heavy atom. The van der Waals surface area contributed by atoms with Crippen molar-refractivity contribution < 1.29 is 19.1 Å². The Bertz CT molecular complexity index is 1380. The molecule has 1 aliphatic rings. The predicted octanol–water partition coefficient (Wildman–Crippen LogP) is 5.51. The molecule has 1 aliphatic heterocycles. The molecule has 1 heterocycles. The van der Waals surface area contributed by atoms with Crippen molar-refractivity contribution in [3.05, 3.63) is 131 Å². The number of para-hydroxylation sites is 1. The zero-order valence-electron chi connectivity index (χ0n) is 23.2. The van der Waals surface area contributed by atoms with Crippen molar-refractivity contribution in [2.45, 2.75) is 6.04 Å². The molecule has 7 heteroatoms. The molecule has 4 aromatic rings. The molecule has 0 unspecified atom stereocenters. The van der Waals surface area contributed by atoms with Gasteiger partial charge in [-0.3, -0.25) is 14.5 Å². The monoisotopic (exact) mass is 549 g/mol. The normalized spacial score (nSPS) is 13.7. The maximum absolute atomic E-state index is 13.7. The van der Waals surface area contributed by atoms with E-state index in [1.54, 1.807) is 43.5 Å². The van der Waals surface area contributed by atoms with Crippen molar-refractivity contribution in [1.29, 1.82) is 0 Å². The average Bonchev–Trinajstić information content (AvgIpc) is 3.03. The highest BCUT2D eigenvalue weighted by Gasteiger charge is 2.29. The van der Waals surface area contributed by atoms with Gasteiger partial charge in [0.2, 0.25) is 0 Å². The summed E-state index contributed by atoms with van der Waals surface area (Å²) in [4.78, 5) is 31.0. The van der Waals surface area contributed by atoms with Gasteiger partial charge in [0.1, 0.15) is 12.4 Å². The second-order valence-corrected chi connectivity index (χ2v) is 9.92. The molecular weight excluding hydrogens is 514 g/mol. The van der Waals surface area contributed by atoms with Crippen LogP contribution in [0.5, 0.6) is 5.75 Å². The fourth-order valence-corrected chi connectivity index (χ4v) is 5.16. The lowest BCUT2D eigenvalue weighted by molar-refractivity contribution is 0.0598. The van der Waals surface area contributed by atoms with E-state index >= 15 is 0 Å². The summed E-state index contributed by atoms with van der Waals surface area (Å²) in [6, 6.07) is 35.2. The van der Waals surface area contributed by atoms with Crippen LogP contribution in [-0.2, 0) is 4.74 Å². The molecule has 1 fully saturated rings. The third-order valence-electron chi connectivity index (χ3n) is 7.28. The lowest BCUT2D eigenvalue weighted by Gasteiger charge is -2.40. The van der Waals surface area contributed by atoms with Crippen molar-refractivity contribution in [2.24, 2.45) is 0 Å². The Kier molecular flexibility index (Phi) is 9.41. The molecule has 0 aromatic heterocycles. The molecule has 0 bridgehead atoms. The molecule has 0 radical (unpaired) electrons. The molecule has 0 spiro atoms. The molecule has 5 rings (SSSR count). The maximum atomic E-state index is 13.7. The highest BCUT2D eigenvalue weighted by molar-refractivity contribution is 6.09. The lowest BCUT2D eigenvalue weighted by atomic mass is 9.96. The van der Waals surface area contributed by atoms with E-state index in [1.165, 1.54) is 11.1 Å². The van der Waals surface area contributed by atoms with E-state index in [1.807, 2.05) is 29.2 Å². The fraction of sp³-hybridized carbons (Fsp3) is 0.235. The highest BCUT2D eigenvalue weighted by atomic mass is 16.5. The molecular formula is C34H35N3O4. The van der Waals surface area contributed by atoms with Gasteiger partial charge in [-0.1, -0.05) is 72.8 Å². The standard InChI is InChI=1S/C34H35N3O4/c1-40-24-25-41-29-18-16-28(17-19-29)33(38)35-31-15-9-8-14-30(31)34(39)37-22-20-36(21-23-37)32(26-10-4-2-5-11-26)27-12-6-3-7-13-27/h2-19,32H,20-25H2,1H3,(H,35,38). The molecule has 2 amide bonds. The molecule has 0 atom stereocenters. The van der Waals surface area contributed by atoms with Crippen molar-refractivity contribution in [3.63, 3.8) is 0 Å². The minimum atomic E-state index is -0.285. The van der Waals surface area contributed by atoms with Gasteiger partial charge in [0.25, 0.3) is 11.8 Å². The Balaban J connectivity index is 1.25. The number of hydrogen-bond acceptors (Lipinski definition) is 5. The Morgan fingerprint density at radius 2 is 1.32 bits per heavy atom. The van der Waals surface area contributed by atoms with E-state index in [2.05, 4.69) is 58.7 Å². The summed E-state index contributed by atoms with van der Waals surface area (Å²) in [6.45, 7) is 3.61. The average molecular weight is 550 g/mol. The third kappa shape index (κ3) is 7.01. The van der Waals surface area contributed by atoms with Crippen molar-refractivity contribution in [1.82, 2.24) is 9.80 Å². The van der Waals surface area contributed by atoms with Crippen LogP contribution in [-0.4, -0.2) is 68.1 Å².